The Morgan fingerprint density at radius 2 is 1.70 bits per heavy atom. The van der Waals surface area contributed by atoms with Crippen LogP contribution in [0, 0.1) is 0 Å². The Labute approximate surface area is 140 Å². The molecule has 0 aromatic carbocycles. The van der Waals surface area contributed by atoms with Crippen molar-refractivity contribution in [2.24, 2.45) is 0 Å². The number of nitrogens with zero attached hydrogens (tertiary/aromatic N) is 2. The number of unbranched alkanes of at least 4 members (excludes halogenated alkanes) is 5. The van der Waals surface area contributed by atoms with Gasteiger partial charge in [0.2, 0.25) is 0 Å². The molecule has 0 unspecified atom stereocenters. The number of nitrogens with one attached hydrogen (secondary N) is 1. The Bertz CT molecular complexity index is 405. The third-order valence-electron chi connectivity index (χ3n) is 5.23. The molecule has 0 radical (unpaired) electrons. The van der Waals surface area contributed by atoms with Crippen molar-refractivity contribution in [3.05, 3.63) is 0 Å². The van der Waals surface area contributed by atoms with Gasteiger partial charge < -0.3 is 5.32 Å². The molecule has 2 aliphatic rings. The lowest BCUT2D eigenvalue weighted by molar-refractivity contribution is -0.133. The summed E-state index contributed by atoms with van der Waals surface area (Å²) in [5.74, 6) is -0.00278. The molecule has 0 aromatic heterocycles. The van der Waals surface area contributed by atoms with Gasteiger partial charge in [0.15, 0.2) is 0 Å². The monoisotopic (exact) mass is 323 g/mol. The van der Waals surface area contributed by atoms with Gasteiger partial charge in [-0.05, 0) is 32.9 Å². The molecule has 2 rings (SSSR count). The van der Waals surface area contributed by atoms with Gasteiger partial charge in [-0.2, -0.15) is 0 Å². The number of hydrogen-bond donors (Lipinski definition) is 1. The first-order chi connectivity index (χ1) is 11.1. The van der Waals surface area contributed by atoms with Crippen molar-refractivity contribution >= 4 is 11.9 Å². The lowest BCUT2D eigenvalue weighted by Crippen LogP contribution is -2.49. The molecular formula is C18H33N3O2. The van der Waals surface area contributed by atoms with E-state index in [0.29, 0.717) is 6.67 Å². The molecule has 0 atom stereocenters. The molecule has 1 spiro atoms. The summed E-state index contributed by atoms with van der Waals surface area (Å²) in [6, 6.07) is -0.202. The number of urea groups is 1. The Kier molecular flexibility index (Phi) is 6.88. The van der Waals surface area contributed by atoms with E-state index in [2.05, 4.69) is 17.1 Å². The number of amides is 3. The van der Waals surface area contributed by atoms with Gasteiger partial charge in [-0.1, -0.05) is 58.3 Å². The first-order valence-electron chi connectivity index (χ1n) is 9.42. The normalized spacial score (nSPS) is 20.6. The predicted molar refractivity (Wildman–Crippen MR) is 92.1 cm³/mol. The maximum absolute atomic E-state index is 12.7. The van der Waals surface area contributed by atoms with Crippen LogP contribution in [0.4, 0.5) is 4.79 Å². The smallest absolute Gasteiger partial charge is 0.323 e. The summed E-state index contributed by atoms with van der Waals surface area (Å²) in [4.78, 5) is 28.4. The average molecular weight is 323 g/mol. The van der Waals surface area contributed by atoms with Crippen LogP contribution in [0.5, 0.6) is 0 Å². The van der Waals surface area contributed by atoms with E-state index in [1.807, 2.05) is 7.05 Å². The molecule has 1 saturated carbocycles. The second-order valence-corrected chi connectivity index (χ2v) is 7.29. The van der Waals surface area contributed by atoms with E-state index in [-0.39, 0.29) is 11.9 Å². The highest BCUT2D eigenvalue weighted by Gasteiger charge is 2.51. The van der Waals surface area contributed by atoms with Crippen LogP contribution < -0.4 is 5.32 Å². The minimum atomic E-state index is -0.587. The summed E-state index contributed by atoms with van der Waals surface area (Å²) >= 11 is 0. The Morgan fingerprint density at radius 3 is 2.39 bits per heavy atom. The van der Waals surface area contributed by atoms with Crippen molar-refractivity contribution in [3.63, 3.8) is 0 Å². The second kappa shape index (κ2) is 8.67. The molecule has 1 aliphatic carbocycles. The van der Waals surface area contributed by atoms with Gasteiger partial charge in [0.05, 0.1) is 6.67 Å². The van der Waals surface area contributed by atoms with Gasteiger partial charge in [-0.25, -0.2) is 9.69 Å². The van der Waals surface area contributed by atoms with Gasteiger partial charge in [0.25, 0.3) is 5.91 Å². The van der Waals surface area contributed by atoms with E-state index in [1.165, 1.54) is 43.4 Å². The van der Waals surface area contributed by atoms with E-state index >= 15 is 0 Å². The molecule has 5 nitrogen and oxygen atoms in total. The van der Waals surface area contributed by atoms with Crippen LogP contribution in [-0.4, -0.2) is 47.5 Å². The van der Waals surface area contributed by atoms with Crippen LogP contribution in [0.25, 0.3) is 0 Å². The minimum absolute atomic E-state index is 0.00278. The largest absolute Gasteiger partial charge is 0.326 e. The van der Waals surface area contributed by atoms with Crippen molar-refractivity contribution in [1.82, 2.24) is 15.1 Å². The summed E-state index contributed by atoms with van der Waals surface area (Å²) in [6.45, 7) is 3.59. The molecule has 23 heavy (non-hydrogen) atoms. The standard InChI is InChI=1S/C18H33N3O2/c1-3-4-5-6-7-11-14-20(2)15-21-16(22)18(19-17(21)23)12-9-8-10-13-18/h3-15H2,1-2H3,(H,19,23). The number of rotatable bonds is 9. The van der Waals surface area contributed by atoms with Gasteiger partial charge >= 0.3 is 6.03 Å². The van der Waals surface area contributed by atoms with Crippen LogP contribution in [0.15, 0.2) is 0 Å². The maximum atomic E-state index is 12.7. The molecule has 5 heteroatoms. The van der Waals surface area contributed by atoms with Crippen molar-refractivity contribution in [3.8, 4) is 0 Å². The van der Waals surface area contributed by atoms with Crippen LogP contribution in [0.3, 0.4) is 0 Å². The number of carbonyl (C=O) groups is 2. The van der Waals surface area contributed by atoms with Gasteiger partial charge in [0, 0.05) is 0 Å². The zero-order valence-electron chi connectivity index (χ0n) is 14.9. The molecule has 1 heterocycles. The van der Waals surface area contributed by atoms with Crippen molar-refractivity contribution in [2.75, 3.05) is 20.3 Å². The molecule has 1 saturated heterocycles. The summed E-state index contributed by atoms with van der Waals surface area (Å²) in [7, 11) is 2.00. The Morgan fingerprint density at radius 1 is 1.04 bits per heavy atom. The summed E-state index contributed by atoms with van der Waals surface area (Å²) < 4.78 is 0. The first-order valence-corrected chi connectivity index (χ1v) is 9.42. The fourth-order valence-electron chi connectivity index (χ4n) is 3.77. The molecule has 1 aliphatic heterocycles. The zero-order chi connectivity index (χ0) is 16.7. The van der Waals surface area contributed by atoms with E-state index < -0.39 is 5.54 Å². The molecular weight excluding hydrogens is 290 g/mol. The van der Waals surface area contributed by atoms with Gasteiger partial charge in [0.1, 0.15) is 5.54 Å². The van der Waals surface area contributed by atoms with Crippen LogP contribution in [-0.2, 0) is 4.79 Å². The molecule has 132 valence electrons. The number of imide groups is 1. The maximum Gasteiger partial charge on any atom is 0.326 e. The predicted octanol–water partition coefficient (Wildman–Crippen LogP) is 3.49. The highest BCUT2D eigenvalue weighted by atomic mass is 16.2. The SMILES string of the molecule is CCCCCCCCN(C)CN1C(=O)NC2(CCCCC2)C1=O. The van der Waals surface area contributed by atoms with E-state index in [0.717, 1.165) is 38.6 Å². The van der Waals surface area contributed by atoms with E-state index in [9.17, 15) is 9.59 Å². The molecule has 3 amide bonds. The molecule has 2 fully saturated rings. The average Bonchev–Trinajstić information content (AvgIpc) is 2.76. The second-order valence-electron chi connectivity index (χ2n) is 7.29. The Balaban J connectivity index is 1.74. The summed E-state index contributed by atoms with van der Waals surface area (Å²) in [5, 5.41) is 2.98. The first kappa shape index (κ1) is 18.2. The fraction of sp³-hybridized carbons (Fsp3) is 0.889. The highest BCUT2D eigenvalue weighted by molar-refractivity contribution is 6.07. The van der Waals surface area contributed by atoms with Crippen LogP contribution in [0.1, 0.15) is 77.6 Å². The van der Waals surface area contributed by atoms with Crippen molar-refractivity contribution in [1.29, 1.82) is 0 Å². The van der Waals surface area contributed by atoms with Crippen molar-refractivity contribution < 1.29 is 9.59 Å². The third-order valence-corrected chi connectivity index (χ3v) is 5.23. The molecule has 0 bridgehead atoms. The van der Waals surface area contributed by atoms with Gasteiger partial charge in [-0.3, -0.25) is 9.69 Å². The lowest BCUT2D eigenvalue weighted by Gasteiger charge is -2.31. The number of hydrogen-bond acceptors (Lipinski definition) is 3. The van der Waals surface area contributed by atoms with E-state index in [4.69, 9.17) is 0 Å². The van der Waals surface area contributed by atoms with Crippen LogP contribution >= 0.6 is 0 Å². The quantitative estimate of drug-likeness (QED) is 0.522. The molecule has 1 N–H and O–H groups in total. The fourth-order valence-corrected chi connectivity index (χ4v) is 3.77. The summed E-state index contributed by atoms with van der Waals surface area (Å²) in [5.41, 5.74) is -0.587. The molecule has 0 aromatic rings. The van der Waals surface area contributed by atoms with Crippen LogP contribution in [0.2, 0.25) is 0 Å². The zero-order valence-corrected chi connectivity index (χ0v) is 14.9. The topological polar surface area (TPSA) is 52.6 Å². The lowest BCUT2D eigenvalue weighted by atomic mass is 9.82. The Hall–Kier alpha value is -1.10. The third kappa shape index (κ3) is 4.69. The van der Waals surface area contributed by atoms with Gasteiger partial charge in [-0.15, -0.1) is 0 Å². The minimum Gasteiger partial charge on any atom is -0.323 e. The summed E-state index contributed by atoms with van der Waals surface area (Å²) in [6.07, 6.45) is 12.4. The van der Waals surface area contributed by atoms with E-state index in [1.54, 1.807) is 0 Å². The van der Waals surface area contributed by atoms with Crippen molar-refractivity contribution in [2.45, 2.75) is 83.1 Å². The number of carbonyl (C=O) groups excluding carboxylic acids is 2. The highest BCUT2D eigenvalue weighted by Crippen LogP contribution is 2.33.